The van der Waals surface area contributed by atoms with Crippen LogP contribution in [0.4, 0.5) is 4.39 Å². The maximum absolute atomic E-state index is 13.1. The first kappa shape index (κ1) is 17.2. The number of aryl methyl sites for hydroxylation is 2. The molecule has 0 atom stereocenters. The van der Waals surface area contributed by atoms with Gasteiger partial charge in [0.15, 0.2) is 5.78 Å². The summed E-state index contributed by atoms with van der Waals surface area (Å²) in [5, 5.41) is 0. The van der Waals surface area contributed by atoms with Crippen LogP contribution in [0, 0.1) is 19.7 Å². The maximum atomic E-state index is 13.1. The van der Waals surface area contributed by atoms with Crippen LogP contribution in [0.1, 0.15) is 56.1 Å². The van der Waals surface area contributed by atoms with E-state index in [0.29, 0.717) is 0 Å². The first-order valence-electron chi connectivity index (χ1n) is 5.80. The molecule has 0 saturated carbocycles. The molecule has 0 aliphatic carbocycles. The molecular weight excluding hydrogens is 203 g/mol. The third-order valence-corrected chi connectivity index (χ3v) is 1.96. The van der Waals surface area contributed by atoms with Crippen LogP contribution in [0.2, 0.25) is 0 Å². The largest absolute Gasteiger partial charge is 0.294 e. The van der Waals surface area contributed by atoms with Gasteiger partial charge < -0.3 is 0 Å². The third kappa shape index (κ3) is 5.06. The minimum atomic E-state index is -0.425. The molecular formula is C14H23FO. The lowest BCUT2D eigenvalue weighted by Crippen LogP contribution is -1.98. The predicted molar refractivity (Wildman–Crippen MR) is 68.6 cm³/mol. The Hall–Kier alpha value is -1.18. The minimum Gasteiger partial charge on any atom is -0.294 e. The lowest BCUT2D eigenvalue weighted by Gasteiger charge is -2.03. The van der Waals surface area contributed by atoms with E-state index in [0.717, 1.165) is 11.1 Å². The van der Waals surface area contributed by atoms with Crippen molar-refractivity contribution in [3.63, 3.8) is 0 Å². The van der Waals surface area contributed by atoms with E-state index in [4.69, 9.17) is 0 Å². The van der Waals surface area contributed by atoms with Crippen LogP contribution < -0.4 is 0 Å². The molecule has 0 bridgehead atoms. The van der Waals surface area contributed by atoms with Gasteiger partial charge in [-0.05, 0) is 44.0 Å². The summed E-state index contributed by atoms with van der Waals surface area (Å²) in [6.45, 7) is 13.1. The van der Waals surface area contributed by atoms with E-state index in [1.54, 1.807) is 6.07 Å². The quantitative estimate of drug-likeness (QED) is 0.634. The van der Waals surface area contributed by atoms with Crippen molar-refractivity contribution in [2.24, 2.45) is 0 Å². The molecule has 2 heteroatoms. The molecule has 0 radical (unpaired) electrons. The molecule has 1 aromatic rings. The summed E-state index contributed by atoms with van der Waals surface area (Å²) >= 11 is 0. The first-order chi connectivity index (χ1) is 7.52. The van der Waals surface area contributed by atoms with Crippen molar-refractivity contribution in [3.8, 4) is 0 Å². The Morgan fingerprint density at radius 2 is 1.38 bits per heavy atom. The number of carbonyl (C=O) groups excluding carboxylic acids is 1. The standard InChI is InChI=1S/C10H11FO.2C2H6/c1-6-4-9(8(3)12)10(11)5-7(6)2;2*1-2/h4-5H,1-3H3;2*1-2H3. The average molecular weight is 226 g/mol. The number of hydrogen-bond acceptors (Lipinski definition) is 1. The molecule has 0 fully saturated rings. The Morgan fingerprint density at radius 3 is 1.75 bits per heavy atom. The summed E-state index contributed by atoms with van der Waals surface area (Å²) in [5.41, 5.74) is 2.00. The number of ketones is 1. The van der Waals surface area contributed by atoms with Gasteiger partial charge in [0.1, 0.15) is 5.82 Å². The summed E-state index contributed by atoms with van der Waals surface area (Å²) < 4.78 is 13.1. The summed E-state index contributed by atoms with van der Waals surface area (Å²) in [7, 11) is 0. The molecule has 0 spiro atoms. The Labute approximate surface area is 98.7 Å². The highest BCUT2D eigenvalue weighted by atomic mass is 19.1. The zero-order valence-electron chi connectivity index (χ0n) is 11.4. The van der Waals surface area contributed by atoms with Crippen molar-refractivity contribution >= 4 is 5.78 Å². The Kier molecular flexibility index (Phi) is 9.77. The van der Waals surface area contributed by atoms with Gasteiger partial charge in [-0.15, -0.1) is 0 Å². The molecule has 0 heterocycles. The van der Waals surface area contributed by atoms with E-state index in [2.05, 4.69) is 0 Å². The highest BCUT2D eigenvalue weighted by molar-refractivity contribution is 5.94. The first-order valence-corrected chi connectivity index (χ1v) is 5.80. The molecule has 1 nitrogen and oxygen atoms in total. The molecule has 0 N–H and O–H groups in total. The normalized spacial score (nSPS) is 8.25. The minimum absolute atomic E-state index is 0.179. The summed E-state index contributed by atoms with van der Waals surface area (Å²) in [6.07, 6.45) is 0. The second kappa shape index (κ2) is 9.08. The van der Waals surface area contributed by atoms with Crippen LogP contribution in [-0.4, -0.2) is 5.78 Å². The third-order valence-electron chi connectivity index (χ3n) is 1.96. The van der Waals surface area contributed by atoms with Crippen molar-refractivity contribution in [1.29, 1.82) is 0 Å². The van der Waals surface area contributed by atoms with Crippen LogP contribution >= 0.6 is 0 Å². The Bertz CT molecular complexity index is 330. The fourth-order valence-corrected chi connectivity index (χ4v) is 1.05. The van der Waals surface area contributed by atoms with Gasteiger partial charge in [0.25, 0.3) is 0 Å². The van der Waals surface area contributed by atoms with Gasteiger partial charge >= 0.3 is 0 Å². The van der Waals surface area contributed by atoms with E-state index in [1.807, 2.05) is 41.5 Å². The number of Topliss-reactive ketones (excluding diaryl/α,β-unsaturated/α-hetero) is 1. The topological polar surface area (TPSA) is 17.1 Å². The predicted octanol–water partition coefficient (Wildman–Crippen LogP) is 4.70. The van der Waals surface area contributed by atoms with Crippen LogP contribution in [-0.2, 0) is 0 Å². The van der Waals surface area contributed by atoms with E-state index < -0.39 is 5.82 Å². The molecule has 16 heavy (non-hydrogen) atoms. The van der Waals surface area contributed by atoms with Crippen molar-refractivity contribution in [1.82, 2.24) is 0 Å². The fraction of sp³-hybridized carbons (Fsp3) is 0.500. The zero-order valence-corrected chi connectivity index (χ0v) is 11.4. The van der Waals surface area contributed by atoms with E-state index >= 15 is 0 Å². The second-order valence-corrected chi connectivity index (χ2v) is 2.97. The monoisotopic (exact) mass is 226 g/mol. The van der Waals surface area contributed by atoms with Crippen LogP contribution in [0.15, 0.2) is 12.1 Å². The summed E-state index contributed by atoms with van der Waals surface area (Å²) in [4.78, 5) is 10.9. The molecule has 0 aliphatic heterocycles. The van der Waals surface area contributed by atoms with Crippen molar-refractivity contribution < 1.29 is 9.18 Å². The van der Waals surface area contributed by atoms with Gasteiger partial charge in [0.05, 0.1) is 5.56 Å². The molecule has 0 unspecified atom stereocenters. The van der Waals surface area contributed by atoms with Gasteiger partial charge in [-0.3, -0.25) is 4.79 Å². The van der Waals surface area contributed by atoms with Gasteiger partial charge in [0.2, 0.25) is 0 Å². The lowest BCUT2D eigenvalue weighted by atomic mass is 10.0. The van der Waals surface area contributed by atoms with Gasteiger partial charge in [-0.1, -0.05) is 27.7 Å². The molecule has 0 aliphatic rings. The molecule has 0 saturated heterocycles. The number of halogens is 1. The van der Waals surface area contributed by atoms with E-state index in [9.17, 15) is 9.18 Å². The number of hydrogen-bond donors (Lipinski definition) is 0. The highest BCUT2D eigenvalue weighted by Gasteiger charge is 2.08. The van der Waals surface area contributed by atoms with Gasteiger partial charge in [0, 0.05) is 0 Å². The average Bonchev–Trinajstić information content (AvgIpc) is 2.28. The summed E-state index contributed by atoms with van der Waals surface area (Å²) in [5.74, 6) is -0.652. The van der Waals surface area contributed by atoms with Crippen LogP contribution in [0.3, 0.4) is 0 Å². The van der Waals surface area contributed by atoms with Crippen molar-refractivity contribution in [2.45, 2.75) is 48.5 Å². The Morgan fingerprint density at radius 1 is 1.00 bits per heavy atom. The second-order valence-electron chi connectivity index (χ2n) is 2.97. The molecule has 92 valence electrons. The number of rotatable bonds is 1. The number of carbonyl (C=O) groups is 1. The van der Waals surface area contributed by atoms with Crippen molar-refractivity contribution in [2.75, 3.05) is 0 Å². The van der Waals surface area contributed by atoms with E-state index in [-0.39, 0.29) is 11.3 Å². The molecule has 0 amide bonds. The van der Waals surface area contributed by atoms with E-state index in [1.165, 1.54) is 13.0 Å². The highest BCUT2D eigenvalue weighted by Crippen LogP contribution is 2.14. The van der Waals surface area contributed by atoms with Crippen LogP contribution in [0.5, 0.6) is 0 Å². The molecule has 0 aromatic heterocycles. The lowest BCUT2D eigenvalue weighted by molar-refractivity contribution is 0.101. The molecule has 1 rings (SSSR count). The SMILES string of the molecule is CC.CC.CC(=O)c1cc(C)c(C)cc1F. The van der Waals surface area contributed by atoms with Gasteiger partial charge in [-0.2, -0.15) is 0 Å². The summed E-state index contributed by atoms with van der Waals surface area (Å²) in [6, 6.07) is 2.99. The number of benzene rings is 1. The zero-order chi connectivity index (χ0) is 13.3. The van der Waals surface area contributed by atoms with Crippen molar-refractivity contribution in [3.05, 3.63) is 34.6 Å². The smallest absolute Gasteiger partial charge is 0.162 e. The van der Waals surface area contributed by atoms with Crippen LogP contribution in [0.25, 0.3) is 0 Å². The maximum Gasteiger partial charge on any atom is 0.162 e. The Balaban J connectivity index is 0. The fourth-order valence-electron chi connectivity index (χ4n) is 1.05. The molecule has 1 aromatic carbocycles. The van der Waals surface area contributed by atoms with Gasteiger partial charge in [-0.25, -0.2) is 4.39 Å².